The van der Waals surface area contributed by atoms with Gasteiger partial charge in [-0.1, -0.05) is 33.1 Å². The van der Waals surface area contributed by atoms with Crippen LogP contribution in [0.5, 0.6) is 0 Å². The number of piperazine rings is 1. The molecule has 1 saturated heterocycles. The molecule has 2 atom stereocenters. The first-order chi connectivity index (χ1) is 10.2. The summed E-state index contributed by atoms with van der Waals surface area (Å²) in [6, 6.07) is 3.01. The summed E-state index contributed by atoms with van der Waals surface area (Å²) in [5, 5.41) is 8.46. The molecular formula is C18H30N2S. The van der Waals surface area contributed by atoms with Crippen LogP contribution in [0.3, 0.4) is 0 Å². The van der Waals surface area contributed by atoms with E-state index in [1.165, 1.54) is 63.7 Å². The first-order valence-electron chi connectivity index (χ1n) is 8.72. The van der Waals surface area contributed by atoms with Crippen LogP contribution in [0.15, 0.2) is 16.8 Å². The van der Waals surface area contributed by atoms with Gasteiger partial charge in [-0.15, -0.1) is 0 Å². The largest absolute Gasteiger partial charge is 0.308 e. The fraction of sp³-hybridized carbons (Fsp3) is 0.778. The van der Waals surface area contributed by atoms with Crippen LogP contribution in [0.25, 0.3) is 0 Å². The van der Waals surface area contributed by atoms with Crippen molar-refractivity contribution in [3.63, 3.8) is 0 Å². The summed E-state index contributed by atoms with van der Waals surface area (Å²) >= 11 is 1.83. The molecule has 1 saturated carbocycles. The highest BCUT2D eigenvalue weighted by molar-refractivity contribution is 7.07. The number of hydrogen-bond acceptors (Lipinski definition) is 3. The first kappa shape index (κ1) is 15.5. The lowest BCUT2D eigenvalue weighted by Crippen LogP contribution is -2.64. The molecule has 0 bridgehead atoms. The highest BCUT2D eigenvalue weighted by atomic mass is 32.1. The second kappa shape index (κ2) is 6.80. The van der Waals surface area contributed by atoms with Gasteiger partial charge in [-0.2, -0.15) is 11.3 Å². The topological polar surface area (TPSA) is 15.3 Å². The van der Waals surface area contributed by atoms with Gasteiger partial charge in [0.15, 0.2) is 0 Å². The van der Waals surface area contributed by atoms with Gasteiger partial charge in [-0.3, -0.25) is 4.90 Å². The normalized spacial score (nSPS) is 27.2. The lowest BCUT2D eigenvalue weighted by molar-refractivity contribution is 0.0529. The highest BCUT2D eigenvalue weighted by Gasteiger charge is 2.41. The summed E-state index contributed by atoms with van der Waals surface area (Å²) < 4.78 is 0. The zero-order valence-electron chi connectivity index (χ0n) is 13.6. The highest BCUT2D eigenvalue weighted by Crippen LogP contribution is 2.34. The molecule has 1 aliphatic carbocycles. The van der Waals surface area contributed by atoms with E-state index in [4.69, 9.17) is 0 Å². The third kappa shape index (κ3) is 3.52. The maximum absolute atomic E-state index is 3.94. The summed E-state index contributed by atoms with van der Waals surface area (Å²) in [5.41, 5.74) is 1.96. The Hall–Kier alpha value is -0.380. The van der Waals surface area contributed by atoms with Crippen molar-refractivity contribution in [2.24, 2.45) is 5.92 Å². The smallest absolute Gasteiger partial charge is 0.0309 e. The predicted molar refractivity (Wildman–Crippen MR) is 92.0 cm³/mol. The number of rotatable bonds is 5. The standard InChI is InChI=1S/C18H30N2S/c1-3-15(2)17-12-19-18(8-4-5-9-18)14-20(17)10-6-16-7-11-21-13-16/h7,11,13,15,17,19H,3-6,8-10,12,14H2,1-2H3. The molecule has 3 rings (SSSR count). The molecule has 2 fully saturated rings. The van der Waals surface area contributed by atoms with Gasteiger partial charge in [0.05, 0.1) is 0 Å². The predicted octanol–water partition coefficient (Wildman–Crippen LogP) is 3.92. The lowest BCUT2D eigenvalue weighted by atomic mass is 9.87. The average molecular weight is 307 g/mol. The van der Waals surface area contributed by atoms with Crippen LogP contribution in [0.1, 0.15) is 51.5 Å². The zero-order valence-corrected chi connectivity index (χ0v) is 14.4. The fourth-order valence-electron chi connectivity index (χ4n) is 4.18. The number of nitrogens with zero attached hydrogens (tertiary/aromatic N) is 1. The molecule has 0 radical (unpaired) electrons. The Morgan fingerprint density at radius 3 is 2.90 bits per heavy atom. The average Bonchev–Trinajstić information content (AvgIpc) is 3.17. The minimum Gasteiger partial charge on any atom is -0.308 e. The van der Waals surface area contributed by atoms with Crippen molar-refractivity contribution in [1.29, 1.82) is 0 Å². The maximum atomic E-state index is 3.94. The summed E-state index contributed by atoms with van der Waals surface area (Å²) in [4.78, 5) is 2.81. The minimum absolute atomic E-state index is 0.443. The van der Waals surface area contributed by atoms with Crippen LogP contribution in [0, 0.1) is 5.92 Å². The molecule has 0 aromatic carbocycles. The van der Waals surface area contributed by atoms with Gasteiger partial charge in [-0.25, -0.2) is 0 Å². The van der Waals surface area contributed by atoms with Crippen LogP contribution in [0.2, 0.25) is 0 Å². The quantitative estimate of drug-likeness (QED) is 0.887. The van der Waals surface area contributed by atoms with Gasteiger partial charge in [-0.05, 0) is 47.6 Å². The number of thiophene rings is 1. The van der Waals surface area contributed by atoms with Gasteiger partial charge in [0.2, 0.25) is 0 Å². The van der Waals surface area contributed by atoms with E-state index in [-0.39, 0.29) is 0 Å². The van der Waals surface area contributed by atoms with Crippen molar-refractivity contribution in [2.45, 2.75) is 64.0 Å². The van der Waals surface area contributed by atoms with Crippen LogP contribution in [0.4, 0.5) is 0 Å². The SMILES string of the molecule is CCC(C)C1CNC2(CCCC2)CN1CCc1ccsc1. The van der Waals surface area contributed by atoms with E-state index >= 15 is 0 Å². The first-order valence-corrected chi connectivity index (χ1v) is 9.67. The molecule has 1 aromatic rings. The van der Waals surface area contributed by atoms with Crippen LogP contribution in [-0.4, -0.2) is 36.1 Å². The van der Waals surface area contributed by atoms with E-state index in [1.54, 1.807) is 0 Å². The van der Waals surface area contributed by atoms with E-state index in [0.717, 1.165) is 12.0 Å². The molecular weight excluding hydrogens is 276 g/mol. The Labute approximate surface area is 133 Å². The fourth-order valence-corrected chi connectivity index (χ4v) is 4.89. The Bertz CT molecular complexity index is 422. The van der Waals surface area contributed by atoms with Crippen LogP contribution >= 0.6 is 11.3 Å². The Morgan fingerprint density at radius 2 is 2.24 bits per heavy atom. The zero-order chi connectivity index (χ0) is 14.7. The van der Waals surface area contributed by atoms with Crippen molar-refractivity contribution in [2.75, 3.05) is 19.6 Å². The lowest BCUT2D eigenvalue weighted by Gasteiger charge is -2.48. The molecule has 1 aromatic heterocycles. The number of hydrogen-bond donors (Lipinski definition) is 1. The molecule has 21 heavy (non-hydrogen) atoms. The Balaban J connectivity index is 1.66. The van der Waals surface area contributed by atoms with Crippen molar-refractivity contribution in [1.82, 2.24) is 10.2 Å². The summed E-state index contributed by atoms with van der Waals surface area (Å²) in [6.45, 7) is 8.46. The van der Waals surface area contributed by atoms with Crippen LogP contribution < -0.4 is 5.32 Å². The summed E-state index contributed by atoms with van der Waals surface area (Å²) in [6.07, 6.45) is 8.10. The van der Waals surface area contributed by atoms with E-state index in [1.807, 2.05) is 11.3 Å². The molecule has 2 nitrogen and oxygen atoms in total. The van der Waals surface area contributed by atoms with E-state index in [2.05, 4.69) is 40.9 Å². The molecule has 0 amide bonds. The van der Waals surface area contributed by atoms with Gasteiger partial charge in [0, 0.05) is 31.2 Å². The van der Waals surface area contributed by atoms with Crippen molar-refractivity contribution in [3.05, 3.63) is 22.4 Å². The molecule has 2 aliphatic rings. The second-order valence-electron chi connectivity index (χ2n) is 7.17. The molecule has 2 heterocycles. The second-order valence-corrected chi connectivity index (χ2v) is 7.95. The Morgan fingerprint density at radius 1 is 1.43 bits per heavy atom. The summed E-state index contributed by atoms with van der Waals surface area (Å²) in [7, 11) is 0. The van der Waals surface area contributed by atoms with E-state index in [0.29, 0.717) is 5.54 Å². The molecule has 1 spiro atoms. The van der Waals surface area contributed by atoms with Crippen LogP contribution in [-0.2, 0) is 6.42 Å². The molecule has 118 valence electrons. The minimum atomic E-state index is 0.443. The third-order valence-electron chi connectivity index (χ3n) is 5.79. The molecule has 1 aliphatic heterocycles. The molecule has 3 heteroatoms. The number of nitrogens with one attached hydrogen (secondary N) is 1. The van der Waals surface area contributed by atoms with Crippen molar-refractivity contribution < 1.29 is 0 Å². The van der Waals surface area contributed by atoms with E-state index < -0.39 is 0 Å². The van der Waals surface area contributed by atoms with Gasteiger partial charge >= 0.3 is 0 Å². The van der Waals surface area contributed by atoms with Gasteiger partial charge in [0.25, 0.3) is 0 Å². The van der Waals surface area contributed by atoms with Gasteiger partial charge in [0.1, 0.15) is 0 Å². The third-order valence-corrected chi connectivity index (χ3v) is 6.52. The van der Waals surface area contributed by atoms with Gasteiger partial charge < -0.3 is 5.32 Å². The monoisotopic (exact) mass is 306 g/mol. The molecule has 2 unspecified atom stereocenters. The van der Waals surface area contributed by atoms with E-state index in [9.17, 15) is 0 Å². The Kier molecular flexibility index (Phi) is 5.03. The molecule has 1 N–H and O–H groups in total. The van der Waals surface area contributed by atoms with Crippen molar-refractivity contribution >= 4 is 11.3 Å². The summed E-state index contributed by atoms with van der Waals surface area (Å²) in [5.74, 6) is 0.790. The van der Waals surface area contributed by atoms with Crippen molar-refractivity contribution in [3.8, 4) is 0 Å². The maximum Gasteiger partial charge on any atom is 0.0309 e.